The predicted octanol–water partition coefficient (Wildman–Crippen LogP) is 2.11. The Morgan fingerprint density at radius 1 is 1.53 bits per heavy atom. The van der Waals surface area contributed by atoms with Crippen molar-refractivity contribution in [3.63, 3.8) is 0 Å². The molecule has 0 unspecified atom stereocenters. The van der Waals surface area contributed by atoms with Gasteiger partial charge in [-0.05, 0) is 46.9 Å². The third-order valence-electron chi connectivity index (χ3n) is 2.54. The Bertz CT molecular complexity index is 296. The number of ether oxygens (including phenoxy) is 1. The quantitative estimate of drug-likeness (QED) is 0.852. The minimum Gasteiger partial charge on any atom is -0.375 e. The first-order valence-electron chi connectivity index (χ1n) is 5.26. The first kappa shape index (κ1) is 11.0. The summed E-state index contributed by atoms with van der Waals surface area (Å²) < 4.78 is 6.49. The summed E-state index contributed by atoms with van der Waals surface area (Å²) in [4.78, 5) is 4.15. The second-order valence-corrected chi connectivity index (χ2v) is 4.61. The first-order valence-corrected chi connectivity index (χ1v) is 6.05. The van der Waals surface area contributed by atoms with Gasteiger partial charge in [0.2, 0.25) is 0 Å². The van der Waals surface area contributed by atoms with Gasteiger partial charge >= 0.3 is 0 Å². The van der Waals surface area contributed by atoms with Gasteiger partial charge in [-0.1, -0.05) is 6.07 Å². The molecule has 0 amide bonds. The second kappa shape index (κ2) is 5.58. The van der Waals surface area contributed by atoms with E-state index < -0.39 is 0 Å². The van der Waals surface area contributed by atoms with E-state index >= 15 is 0 Å². The Kier molecular flexibility index (Phi) is 4.11. The van der Waals surface area contributed by atoms with Crippen LogP contribution in [0.3, 0.4) is 0 Å². The summed E-state index contributed by atoms with van der Waals surface area (Å²) in [6.45, 7) is 2.59. The van der Waals surface area contributed by atoms with Crippen molar-refractivity contribution in [3.05, 3.63) is 28.5 Å². The molecule has 2 heterocycles. The molecule has 1 atom stereocenters. The molecule has 0 radical (unpaired) electrons. The van der Waals surface area contributed by atoms with Crippen LogP contribution in [0, 0.1) is 0 Å². The zero-order chi connectivity index (χ0) is 10.5. The lowest BCUT2D eigenvalue weighted by atomic mass is 10.2. The molecule has 0 spiro atoms. The largest absolute Gasteiger partial charge is 0.375 e. The van der Waals surface area contributed by atoms with Gasteiger partial charge in [-0.25, -0.2) is 4.98 Å². The number of nitrogens with one attached hydrogen (secondary N) is 1. The summed E-state index contributed by atoms with van der Waals surface area (Å²) in [6, 6.07) is 4.51. The Morgan fingerprint density at radius 3 is 3.13 bits per heavy atom. The van der Waals surface area contributed by atoms with E-state index in [9.17, 15) is 0 Å². The minimum atomic E-state index is 0.549. The smallest absolute Gasteiger partial charge is 0.106 e. The zero-order valence-corrected chi connectivity index (χ0v) is 10.2. The van der Waals surface area contributed by atoms with Gasteiger partial charge in [-0.2, -0.15) is 0 Å². The lowest BCUT2D eigenvalue weighted by molar-refractivity contribution is 0.103. The number of hydrogen-bond acceptors (Lipinski definition) is 3. The summed E-state index contributed by atoms with van der Waals surface area (Å²) in [5, 5.41) is 3.40. The third-order valence-corrected chi connectivity index (χ3v) is 3.01. The summed E-state index contributed by atoms with van der Waals surface area (Å²) in [5.41, 5.74) is 1.12. The van der Waals surface area contributed by atoms with Crippen LogP contribution in [0.25, 0.3) is 0 Å². The fourth-order valence-corrected chi connectivity index (χ4v) is 1.94. The van der Waals surface area contributed by atoms with Gasteiger partial charge < -0.3 is 10.1 Å². The van der Waals surface area contributed by atoms with Crippen molar-refractivity contribution in [2.45, 2.75) is 25.5 Å². The molecular formula is C11H15BrN2O. The normalized spacial score (nSPS) is 20.7. The highest BCUT2D eigenvalue weighted by molar-refractivity contribution is 9.10. The van der Waals surface area contributed by atoms with Gasteiger partial charge in [0, 0.05) is 12.2 Å². The molecule has 3 nitrogen and oxygen atoms in total. The van der Waals surface area contributed by atoms with Crippen molar-refractivity contribution >= 4 is 15.9 Å². The number of rotatable bonds is 4. The standard InChI is InChI=1S/C11H15BrN2O/c12-11-4-3-9(6-14-11)7-15-8-10-2-1-5-13-10/h3-4,6,10,13H,1-2,5,7-8H2/t10-/m1/s1. The van der Waals surface area contributed by atoms with E-state index in [1.807, 2.05) is 18.3 Å². The number of aromatic nitrogens is 1. The fraction of sp³-hybridized carbons (Fsp3) is 0.545. The summed E-state index contributed by atoms with van der Waals surface area (Å²) in [6.07, 6.45) is 4.35. The van der Waals surface area contributed by atoms with Gasteiger partial charge in [-0.3, -0.25) is 0 Å². The van der Waals surface area contributed by atoms with Gasteiger partial charge in [0.1, 0.15) is 4.60 Å². The maximum absolute atomic E-state index is 5.63. The molecule has 82 valence electrons. The molecule has 1 aromatic rings. The van der Waals surface area contributed by atoms with Crippen LogP contribution < -0.4 is 5.32 Å². The Hall–Kier alpha value is -0.450. The Balaban J connectivity index is 1.71. The van der Waals surface area contributed by atoms with Crippen molar-refractivity contribution in [2.24, 2.45) is 0 Å². The van der Waals surface area contributed by atoms with Crippen LogP contribution in [0.2, 0.25) is 0 Å². The summed E-state index contributed by atoms with van der Waals surface area (Å²) in [7, 11) is 0. The average molecular weight is 271 g/mol. The highest BCUT2D eigenvalue weighted by Gasteiger charge is 2.13. The number of hydrogen-bond donors (Lipinski definition) is 1. The van der Waals surface area contributed by atoms with Gasteiger partial charge in [0.25, 0.3) is 0 Å². The van der Waals surface area contributed by atoms with Crippen LogP contribution in [0.15, 0.2) is 22.9 Å². The Labute approximate surface area is 98.4 Å². The van der Waals surface area contributed by atoms with Crippen molar-refractivity contribution in [3.8, 4) is 0 Å². The maximum Gasteiger partial charge on any atom is 0.106 e. The van der Waals surface area contributed by atoms with Crippen LogP contribution in [0.4, 0.5) is 0 Å². The molecular weight excluding hydrogens is 256 g/mol. The highest BCUT2D eigenvalue weighted by Crippen LogP contribution is 2.09. The fourth-order valence-electron chi connectivity index (χ4n) is 1.71. The van der Waals surface area contributed by atoms with Crippen molar-refractivity contribution in [1.29, 1.82) is 0 Å². The van der Waals surface area contributed by atoms with E-state index in [0.717, 1.165) is 23.3 Å². The molecule has 0 bridgehead atoms. The lowest BCUT2D eigenvalue weighted by Crippen LogP contribution is -2.26. The molecule has 4 heteroatoms. The first-order chi connectivity index (χ1) is 7.34. The molecule has 0 saturated carbocycles. The van der Waals surface area contributed by atoms with Crippen LogP contribution in [-0.4, -0.2) is 24.2 Å². The predicted molar refractivity (Wildman–Crippen MR) is 62.6 cm³/mol. The van der Waals surface area contributed by atoms with E-state index in [1.165, 1.54) is 12.8 Å². The molecule has 0 aromatic carbocycles. The number of pyridine rings is 1. The SMILES string of the molecule is Brc1ccc(COC[C@H]2CCCN2)cn1. The molecule has 2 rings (SSSR count). The van der Waals surface area contributed by atoms with E-state index in [0.29, 0.717) is 12.6 Å². The van der Waals surface area contributed by atoms with Crippen molar-refractivity contribution in [2.75, 3.05) is 13.2 Å². The lowest BCUT2D eigenvalue weighted by Gasteiger charge is -2.10. The number of halogens is 1. The van der Waals surface area contributed by atoms with Crippen LogP contribution in [0.1, 0.15) is 18.4 Å². The third kappa shape index (κ3) is 3.55. The van der Waals surface area contributed by atoms with Crippen molar-refractivity contribution < 1.29 is 4.74 Å². The van der Waals surface area contributed by atoms with E-state index in [4.69, 9.17) is 4.74 Å². The maximum atomic E-state index is 5.63. The molecule has 1 aliphatic rings. The summed E-state index contributed by atoms with van der Waals surface area (Å²) >= 11 is 3.31. The molecule has 15 heavy (non-hydrogen) atoms. The van der Waals surface area contributed by atoms with E-state index in [2.05, 4.69) is 26.2 Å². The van der Waals surface area contributed by atoms with Gasteiger partial charge in [0.15, 0.2) is 0 Å². The van der Waals surface area contributed by atoms with Gasteiger partial charge in [0.05, 0.1) is 13.2 Å². The van der Waals surface area contributed by atoms with E-state index in [1.54, 1.807) is 0 Å². The topological polar surface area (TPSA) is 34.1 Å². The average Bonchev–Trinajstić information content (AvgIpc) is 2.74. The highest BCUT2D eigenvalue weighted by atomic mass is 79.9. The molecule has 1 N–H and O–H groups in total. The minimum absolute atomic E-state index is 0.549. The molecule has 1 saturated heterocycles. The van der Waals surface area contributed by atoms with Crippen LogP contribution in [0.5, 0.6) is 0 Å². The summed E-state index contributed by atoms with van der Waals surface area (Å²) in [5.74, 6) is 0. The van der Waals surface area contributed by atoms with Gasteiger partial charge in [-0.15, -0.1) is 0 Å². The molecule has 1 fully saturated rings. The monoisotopic (exact) mass is 270 g/mol. The van der Waals surface area contributed by atoms with E-state index in [-0.39, 0.29) is 0 Å². The molecule has 1 aliphatic heterocycles. The molecule has 1 aromatic heterocycles. The van der Waals surface area contributed by atoms with Crippen LogP contribution >= 0.6 is 15.9 Å². The number of nitrogens with zero attached hydrogens (tertiary/aromatic N) is 1. The Morgan fingerprint density at radius 2 is 2.47 bits per heavy atom. The van der Waals surface area contributed by atoms with Crippen LogP contribution in [-0.2, 0) is 11.3 Å². The molecule has 0 aliphatic carbocycles. The zero-order valence-electron chi connectivity index (χ0n) is 8.58. The second-order valence-electron chi connectivity index (χ2n) is 3.80. The van der Waals surface area contributed by atoms with Crippen molar-refractivity contribution in [1.82, 2.24) is 10.3 Å².